The van der Waals surface area contributed by atoms with Crippen molar-refractivity contribution in [3.63, 3.8) is 0 Å². The van der Waals surface area contributed by atoms with Gasteiger partial charge in [0.1, 0.15) is 0 Å². The molecule has 3 N–H and O–H groups in total. The van der Waals surface area contributed by atoms with E-state index in [2.05, 4.69) is 37.4 Å². The smallest absolute Gasteiger partial charge is 0.305 e. The number of esters is 1. The normalized spacial score (nSPS) is 12.8. The number of hydrogen-bond acceptors (Lipinski definition) is 5. The molecule has 0 bridgehead atoms. The zero-order valence-corrected chi connectivity index (χ0v) is 45.6. The molecule has 0 heterocycles. The first-order chi connectivity index (χ1) is 33.5. The molecule has 0 saturated carbocycles. The van der Waals surface area contributed by atoms with Crippen LogP contribution in [0, 0.1) is 0 Å². The number of amides is 1. The average Bonchev–Trinajstić information content (AvgIpc) is 3.34. The Bertz CT molecular complexity index is 1100. The highest BCUT2D eigenvalue weighted by Crippen LogP contribution is 2.17. The van der Waals surface area contributed by atoms with E-state index in [1.807, 2.05) is 12.2 Å². The first-order valence-electron chi connectivity index (χ1n) is 30.3. The van der Waals surface area contributed by atoms with E-state index >= 15 is 0 Å². The number of nitrogens with one attached hydrogen (secondary N) is 1. The van der Waals surface area contributed by atoms with Gasteiger partial charge in [0.05, 0.1) is 25.4 Å². The highest BCUT2D eigenvalue weighted by Gasteiger charge is 2.17. The van der Waals surface area contributed by atoms with Crippen LogP contribution in [-0.2, 0) is 14.3 Å². The summed E-state index contributed by atoms with van der Waals surface area (Å²) in [5.41, 5.74) is 0. The lowest BCUT2D eigenvalue weighted by atomic mass is 10.0. The lowest BCUT2D eigenvalue weighted by molar-refractivity contribution is -0.143. The summed E-state index contributed by atoms with van der Waals surface area (Å²) in [6.45, 7) is 4.86. The van der Waals surface area contributed by atoms with E-state index in [4.69, 9.17) is 4.74 Å². The van der Waals surface area contributed by atoms with Gasteiger partial charge in [-0.05, 0) is 51.4 Å². The molecule has 0 spiro atoms. The molecule has 400 valence electrons. The summed E-state index contributed by atoms with van der Waals surface area (Å²) in [7, 11) is 0. The van der Waals surface area contributed by atoms with E-state index in [1.165, 1.54) is 238 Å². The van der Waals surface area contributed by atoms with Crippen LogP contribution < -0.4 is 5.32 Å². The maximum Gasteiger partial charge on any atom is 0.305 e. The Hall–Kier alpha value is -1.92. The van der Waals surface area contributed by atoms with Crippen LogP contribution in [-0.4, -0.2) is 47.4 Å². The number of unbranched alkanes of at least 4 members (excludes halogenated alkanes) is 41. The molecular formula is C62H117NO5. The molecule has 2 unspecified atom stereocenters. The van der Waals surface area contributed by atoms with Crippen molar-refractivity contribution < 1.29 is 24.5 Å². The molecule has 0 saturated heterocycles. The predicted octanol–water partition coefficient (Wildman–Crippen LogP) is 18.8. The summed E-state index contributed by atoms with van der Waals surface area (Å²) in [5, 5.41) is 23.1. The van der Waals surface area contributed by atoms with Gasteiger partial charge in [-0.25, -0.2) is 0 Å². The SMILES string of the molecule is CCCCCCCCCCCCCCCCCCCCCC/C=C/C(O)C(CO)NC(=O)CC/C=C\C/C=C\CCCCCCCCOC(=O)CCCCCCCCCCCCCCCCCC. The molecule has 0 aromatic heterocycles. The lowest BCUT2D eigenvalue weighted by Crippen LogP contribution is -2.45. The Morgan fingerprint density at radius 2 is 0.750 bits per heavy atom. The molecule has 1 amide bonds. The highest BCUT2D eigenvalue weighted by atomic mass is 16.5. The minimum absolute atomic E-state index is 0.0147. The minimum Gasteiger partial charge on any atom is -0.466 e. The second kappa shape index (κ2) is 57.7. The molecule has 6 nitrogen and oxygen atoms in total. The molecule has 0 fully saturated rings. The number of allylic oxidation sites excluding steroid dienone is 5. The molecule has 0 aliphatic carbocycles. The van der Waals surface area contributed by atoms with Crippen molar-refractivity contribution in [2.75, 3.05) is 13.2 Å². The number of aliphatic hydroxyl groups is 2. The van der Waals surface area contributed by atoms with Crippen LogP contribution in [0.15, 0.2) is 36.5 Å². The summed E-state index contributed by atoms with van der Waals surface area (Å²) in [6, 6.07) is -0.673. The molecule has 0 aliphatic heterocycles. The van der Waals surface area contributed by atoms with E-state index in [-0.39, 0.29) is 18.5 Å². The number of hydrogen-bond donors (Lipinski definition) is 3. The summed E-state index contributed by atoms with van der Waals surface area (Å²) in [4.78, 5) is 24.5. The molecule has 0 aromatic carbocycles. The van der Waals surface area contributed by atoms with Crippen LogP contribution in [0.4, 0.5) is 0 Å². The van der Waals surface area contributed by atoms with Crippen molar-refractivity contribution in [1.29, 1.82) is 0 Å². The first-order valence-corrected chi connectivity index (χ1v) is 30.3. The fraction of sp³-hybridized carbons (Fsp3) is 0.871. The summed E-state index contributed by atoms with van der Waals surface area (Å²) in [5.74, 6) is -0.160. The molecule has 0 aromatic rings. The Labute approximate surface area is 424 Å². The quantitative estimate of drug-likeness (QED) is 0.0321. The molecule has 68 heavy (non-hydrogen) atoms. The molecule has 2 atom stereocenters. The third-order valence-electron chi connectivity index (χ3n) is 13.9. The van der Waals surface area contributed by atoms with Crippen LogP contribution in [0.25, 0.3) is 0 Å². The van der Waals surface area contributed by atoms with Gasteiger partial charge in [0.15, 0.2) is 0 Å². The van der Waals surface area contributed by atoms with E-state index < -0.39 is 12.1 Å². The van der Waals surface area contributed by atoms with Gasteiger partial charge >= 0.3 is 5.97 Å². The Morgan fingerprint density at radius 1 is 0.412 bits per heavy atom. The van der Waals surface area contributed by atoms with Crippen molar-refractivity contribution in [2.45, 2.75) is 334 Å². The number of carbonyl (C=O) groups is 2. The molecule has 0 rings (SSSR count). The van der Waals surface area contributed by atoms with Crippen molar-refractivity contribution in [3.8, 4) is 0 Å². The van der Waals surface area contributed by atoms with Crippen molar-refractivity contribution in [3.05, 3.63) is 36.5 Å². The maximum atomic E-state index is 12.4. The molecular weight excluding hydrogens is 839 g/mol. The van der Waals surface area contributed by atoms with E-state index in [9.17, 15) is 19.8 Å². The second-order valence-corrected chi connectivity index (χ2v) is 20.7. The van der Waals surface area contributed by atoms with Crippen molar-refractivity contribution in [1.82, 2.24) is 5.32 Å². The number of rotatable bonds is 56. The van der Waals surface area contributed by atoms with E-state index in [0.717, 1.165) is 51.4 Å². The van der Waals surface area contributed by atoms with Gasteiger partial charge in [-0.2, -0.15) is 0 Å². The number of ether oxygens (including phenoxy) is 1. The summed E-state index contributed by atoms with van der Waals surface area (Å²) in [6.07, 6.45) is 71.9. The topological polar surface area (TPSA) is 95.9 Å². The molecule has 6 heteroatoms. The largest absolute Gasteiger partial charge is 0.466 e. The van der Waals surface area contributed by atoms with Crippen LogP contribution in [0.1, 0.15) is 322 Å². The van der Waals surface area contributed by atoms with Gasteiger partial charge in [-0.3, -0.25) is 9.59 Å². The fourth-order valence-corrected chi connectivity index (χ4v) is 9.27. The number of aliphatic hydroxyl groups excluding tert-OH is 2. The van der Waals surface area contributed by atoms with Gasteiger partial charge < -0.3 is 20.3 Å². The van der Waals surface area contributed by atoms with Crippen LogP contribution in [0.3, 0.4) is 0 Å². The van der Waals surface area contributed by atoms with Gasteiger partial charge in [0.2, 0.25) is 5.91 Å². The maximum absolute atomic E-state index is 12.4. The van der Waals surface area contributed by atoms with E-state index in [0.29, 0.717) is 25.9 Å². The molecule has 0 radical (unpaired) electrons. The van der Waals surface area contributed by atoms with Crippen molar-refractivity contribution >= 4 is 11.9 Å². The first kappa shape index (κ1) is 66.1. The fourth-order valence-electron chi connectivity index (χ4n) is 9.27. The Kier molecular flexibility index (Phi) is 56.0. The van der Waals surface area contributed by atoms with Gasteiger partial charge in [-0.15, -0.1) is 0 Å². The third-order valence-corrected chi connectivity index (χ3v) is 13.9. The van der Waals surface area contributed by atoms with Crippen LogP contribution in [0.2, 0.25) is 0 Å². The summed E-state index contributed by atoms with van der Waals surface area (Å²) >= 11 is 0. The van der Waals surface area contributed by atoms with Crippen LogP contribution in [0.5, 0.6) is 0 Å². The predicted molar refractivity (Wildman–Crippen MR) is 296 cm³/mol. The van der Waals surface area contributed by atoms with Gasteiger partial charge in [0, 0.05) is 12.8 Å². The third kappa shape index (κ3) is 53.4. The standard InChI is InChI=1S/C62H117NO5/c1-3-5-7-9-11-13-15-17-19-21-22-23-24-25-26-27-30-34-38-42-46-50-54-60(65)59(58-64)63-61(66)55-51-47-43-39-35-31-29-33-37-41-45-49-53-57-68-62(67)56-52-48-44-40-36-32-28-20-18-16-14-12-10-8-6-4-2/h31,35,43,47,50,54,59-60,64-65H,3-30,32-34,36-42,44-46,48-49,51-53,55-58H2,1-2H3,(H,63,66)/b35-31-,47-43-,54-50+. The van der Waals surface area contributed by atoms with Crippen LogP contribution >= 0.6 is 0 Å². The number of carbonyl (C=O) groups excluding carboxylic acids is 2. The van der Waals surface area contributed by atoms with Gasteiger partial charge in [0.25, 0.3) is 0 Å². The van der Waals surface area contributed by atoms with E-state index in [1.54, 1.807) is 6.08 Å². The zero-order valence-electron chi connectivity index (χ0n) is 45.6. The highest BCUT2D eigenvalue weighted by molar-refractivity contribution is 5.76. The molecule has 0 aliphatic rings. The van der Waals surface area contributed by atoms with Crippen molar-refractivity contribution in [2.24, 2.45) is 0 Å². The Morgan fingerprint density at radius 3 is 1.15 bits per heavy atom. The summed E-state index contributed by atoms with van der Waals surface area (Å²) < 4.78 is 5.47. The lowest BCUT2D eigenvalue weighted by Gasteiger charge is -2.19. The second-order valence-electron chi connectivity index (χ2n) is 20.7. The zero-order chi connectivity index (χ0) is 49.3. The minimum atomic E-state index is -0.880. The Balaban J connectivity index is 3.55. The monoisotopic (exact) mass is 956 g/mol. The average molecular weight is 957 g/mol. The van der Waals surface area contributed by atoms with Gasteiger partial charge in [-0.1, -0.05) is 294 Å².